The van der Waals surface area contributed by atoms with Gasteiger partial charge in [0, 0.05) is 25.3 Å². The van der Waals surface area contributed by atoms with E-state index in [1.54, 1.807) is 38.4 Å². The summed E-state index contributed by atoms with van der Waals surface area (Å²) in [5.41, 5.74) is 6.63. The largest absolute Gasteiger partial charge is 0.409 e. The first kappa shape index (κ1) is 11.8. The molecule has 0 spiro atoms. The molecule has 0 atom stereocenters. The summed E-state index contributed by atoms with van der Waals surface area (Å²) in [4.78, 5) is 12.7. The summed E-state index contributed by atoms with van der Waals surface area (Å²) in [6, 6.07) is 6.45. The van der Waals surface area contributed by atoms with Crippen LogP contribution >= 0.6 is 0 Å². The second kappa shape index (κ2) is 5.01. The smallest absolute Gasteiger partial charge is 0.321 e. The molecule has 0 aliphatic heterocycles. The molecular weight excluding hydrogens is 208 g/mol. The number of rotatable bonds is 2. The molecule has 0 aromatic heterocycles. The maximum absolute atomic E-state index is 11.3. The van der Waals surface area contributed by atoms with Crippen LogP contribution in [-0.2, 0) is 0 Å². The number of nitrogens with one attached hydrogen (secondary N) is 1. The quantitative estimate of drug-likeness (QED) is 0.300. The standard InChI is InChI=1S/C10H14N4O2/c1-14(2)10(15)12-8-5-3-7(4-6-8)9(11)13-16/h3-6,16H,1-2H3,(H2,11,13)(H,12,15). The van der Waals surface area contributed by atoms with E-state index in [-0.39, 0.29) is 11.9 Å². The van der Waals surface area contributed by atoms with E-state index < -0.39 is 0 Å². The molecular formula is C10H14N4O2. The van der Waals surface area contributed by atoms with Gasteiger partial charge in [-0.25, -0.2) is 4.79 Å². The lowest BCUT2D eigenvalue weighted by atomic mass is 10.2. The van der Waals surface area contributed by atoms with Gasteiger partial charge in [-0.1, -0.05) is 5.16 Å². The predicted octanol–water partition coefficient (Wildman–Crippen LogP) is 0.875. The first-order valence-electron chi connectivity index (χ1n) is 4.61. The summed E-state index contributed by atoms with van der Waals surface area (Å²) in [5.74, 6) is 0.0329. The van der Waals surface area contributed by atoms with E-state index in [0.717, 1.165) is 0 Å². The number of carbonyl (C=O) groups is 1. The second-order valence-corrected chi connectivity index (χ2v) is 3.39. The van der Waals surface area contributed by atoms with Crippen LogP contribution in [0.25, 0.3) is 0 Å². The number of amidine groups is 1. The van der Waals surface area contributed by atoms with Crippen molar-refractivity contribution in [2.24, 2.45) is 10.9 Å². The Morgan fingerprint density at radius 3 is 2.38 bits per heavy atom. The molecule has 2 amide bonds. The van der Waals surface area contributed by atoms with Crippen LogP contribution < -0.4 is 11.1 Å². The van der Waals surface area contributed by atoms with Gasteiger partial charge in [0.05, 0.1) is 0 Å². The van der Waals surface area contributed by atoms with Crippen molar-refractivity contribution in [1.82, 2.24) is 4.90 Å². The SMILES string of the molecule is CN(C)C(=O)Nc1ccc(C(N)=NO)cc1. The first-order valence-corrected chi connectivity index (χ1v) is 4.61. The third kappa shape index (κ3) is 2.88. The van der Waals surface area contributed by atoms with Crippen molar-refractivity contribution >= 4 is 17.6 Å². The van der Waals surface area contributed by atoms with Gasteiger partial charge in [-0.05, 0) is 24.3 Å². The zero-order valence-electron chi connectivity index (χ0n) is 9.14. The van der Waals surface area contributed by atoms with Crippen LogP contribution in [0.4, 0.5) is 10.5 Å². The number of amides is 2. The van der Waals surface area contributed by atoms with Gasteiger partial charge in [0.2, 0.25) is 0 Å². The fourth-order valence-electron chi connectivity index (χ4n) is 1.02. The van der Waals surface area contributed by atoms with Crippen molar-refractivity contribution in [2.75, 3.05) is 19.4 Å². The van der Waals surface area contributed by atoms with E-state index in [1.165, 1.54) is 4.90 Å². The number of anilines is 1. The first-order chi connectivity index (χ1) is 7.54. The lowest BCUT2D eigenvalue weighted by molar-refractivity contribution is 0.230. The third-order valence-corrected chi connectivity index (χ3v) is 1.95. The van der Waals surface area contributed by atoms with Gasteiger partial charge in [0.1, 0.15) is 0 Å². The van der Waals surface area contributed by atoms with Crippen LogP contribution in [0.3, 0.4) is 0 Å². The predicted molar refractivity (Wildman–Crippen MR) is 61.7 cm³/mol. The van der Waals surface area contributed by atoms with Gasteiger partial charge in [0.15, 0.2) is 5.84 Å². The minimum absolute atomic E-state index is 0.0329. The lowest BCUT2D eigenvalue weighted by Gasteiger charge is -2.12. The maximum atomic E-state index is 11.3. The number of benzene rings is 1. The molecule has 6 heteroatoms. The summed E-state index contributed by atoms with van der Waals surface area (Å²) in [7, 11) is 3.31. The average molecular weight is 222 g/mol. The molecule has 0 radical (unpaired) electrons. The van der Waals surface area contributed by atoms with Crippen LogP contribution in [0.1, 0.15) is 5.56 Å². The summed E-state index contributed by atoms with van der Waals surface area (Å²) in [6.07, 6.45) is 0. The molecule has 0 fully saturated rings. The molecule has 1 aromatic rings. The van der Waals surface area contributed by atoms with Gasteiger partial charge >= 0.3 is 6.03 Å². The lowest BCUT2D eigenvalue weighted by Crippen LogP contribution is -2.27. The van der Waals surface area contributed by atoms with Crippen LogP contribution in [0.2, 0.25) is 0 Å². The number of hydrogen-bond acceptors (Lipinski definition) is 3. The van der Waals surface area contributed by atoms with Crippen LogP contribution in [-0.4, -0.2) is 36.1 Å². The average Bonchev–Trinajstić information content (AvgIpc) is 2.28. The Kier molecular flexibility index (Phi) is 3.71. The van der Waals surface area contributed by atoms with E-state index in [0.29, 0.717) is 11.3 Å². The van der Waals surface area contributed by atoms with E-state index in [1.807, 2.05) is 0 Å². The van der Waals surface area contributed by atoms with E-state index in [4.69, 9.17) is 10.9 Å². The van der Waals surface area contributed by atoms with Crippen LogP contribution in [0, 0.1) is 0 Å². The van der Waals surface area contributed by atoms with Crippen molar-refractivity contribution in [3.05, 3.63) is 29.8 Å². The van der Waals surface area contributed by atoms with Crippen molar-refractivity contribution in [2.45, 2.75) is 0 Å². The van der Waals surface area contributed by atoms with E-state index >= 15 is 0 Å². The van der Waals surface area contributed by atoms with Gasteiger partial charge in [0.25, 0.3) is 0 Å². The molecule has 0 bridgehead atoms. The topological polar surface area (TPSA) is 91.0 Å². The van der Waals surface area contributed by atoms with Gasteiger partial charge in [-0.15, -0.1) is 0 Å². The molecule has 16 heavy (non-hydrogen) atoms. The Labute approximate surface area is 93.3 Å². The highest BCUT2D eigenvalue weighted by Crippen LogP contribution is 2.09. The maximum Gasteiger partial charge on any atom is 0.321 e. The molecule has 1 rings (SSSR count). The monoisotopic (exact) mass is 222 g/mol. The zero-order chi connectivity index (χ0) is 12.1. The van der Waals surface area contributed by atoms with Gasteiger partial charge < -0.3 is 21.2 Å². The second-order valence-electron chi connectivity index (χ2n) is 3.39. The fraction of sp³-hybridized carbons (Fsp3) is 0.200. The molecule has 0 heterocycles. The summed E-state index contributed by atoms with van der Waals surface area (Å²) in [6.45, 7) is 0. The minimum atomic E-state index is -0.212. The summed E-state index contributed by atoms with van der Waals surface area (Å²) >= 11 is 0. The number of hydrogen-bond donors (Lipinski definition) is 3. The van der Waals surface area contributed by atoms with Crippen molar-refractivity contribution in [1.29, 1.82) is 0 Å². The highest BCUT2D eigenvalue weighted by atomic mass is 16.4. The van der Waals surface area contributed by atoms with Crippen molar-refractivity contribution in [3.8, 4) is 0 Å². The fourth-order valence-corrected chi connectivity index (χ4v) is 1.02. The van der Waals surface area contributed by atoms with Crippen molar-refractivity contribution < 1.29 is 10.0 Å². The van der Waals surface area contributed by atoms with Crippen molar-refractivity contribution in [3.63, 3.8) is 0 Å². The molecule has 6 nitrogen and oxygen atoms in total. The third-order valence-electron chi connectivity index (χ3n) is 1.95. The Morgan fingerprint density at radius 1 is 1.38 bits per heavy atom. The molecule has 0 saturated carbocycles. The molecule has 86 valence electrons. The molecule has 4 N–H and O–H groups in total. The van der Waals surface area contributed by atoms with Gasteiger partial charge in [-0.3, -0.25) is 0 Å². The van der Waals surface area contributed by atoms with E-state index in [9.17, 15) is 4.79 Å². The number of oxime groups is 1. The molecule has 0 aliphatic rings. The number of nitrogens with two attached hydrogens (primary N) is 1. The summed E-state index contributed by atoms with van der Waals surface area (Å²) < 4.78 is 0. The van der Waals surface area contributed by atoms with Gasteiger partial charge in [-0.2, -0.15) is 0 Å². The Hall–Kier alpha value is -2.24. The highest BCUT2D eigenvalue weighted by Gasteiger charge is 2.04. The number of nitrogens with zero attached hydrogens (tertiary/aromatic N) is 2. The summed E-state index contributed by atoms with van der Waals surface area (Å²) in [5, 5.41) is 14.0. The molecule has 0 aliphatic carbocycles. The minimum Gasteiger partial charge on any atom is -0.409 e. The van der Waals surface area contributed by atoms with Crippen LogP contribution in [0.5, 0.6) is 0 Å². The molecule has 1 aromatic carbocycles. The Balaban J connectivity index is 2.76. The Bertz CT molecular complexity index is 398. The molecule has 0 unspecified atom stereocenters. The van der Waals surface area contributed by atoms with Crippen LogP contribution in [0.15, 0.2) is 29.4 Å². The van der Waals surface area contributed by atoms with E-state index in [2.05, 4.69) is 10.5 Å². The normalized spacial score (nSPS) is 11.0. The zero-order valence-corrected chi connectivity index (χ0v) is 9.14. The number of urea groups is 1. The molecule has 0 saturated heterocycles. The number of carbonyl (C=O) groups excluding carboxylic acids is 1. The highest BCUT2D eigenvalue weighted by molar-refractivity contribution is 5.97. The Morgan fingerprint density at radius 2 is 1.94 bits per heavy atom.